The maximum Gasteiger partial charge on any atom is 0.291 e. The maximum absolute atomic E-state index is 12.4. The van der Waals surface area contributed by atoms with Crippen LogP contribution in [0.1, 0.15) is 42.7 Å². The van der Waals surface area contributed by atoms with E-state index in [1.807, 2.05) is 4.90 Å². The molecule has 0 bridgehead atoms. The molecule has 3 heterocycles. The zero-order valence-electron chi connectivity index (χ0n) is 14.3. The summed E-state index contributed by atoms with van der Waals surface area (Å²) in [5, 5.41) is 6.30. The molecule has 8 heteroatoms. The van der Waals surface area contributed by atoms with E-state index in [-0.39, 0.29) is 17.6 Å². The van der Waals surface area contributed by atoms with Gasteiger partial charge in [-0.2, -0.15) is 5.10 Å². The number of aromatic amines is 1. The van der Waals surface area contributed by atoms with Gasteiger partial charge in [-0.1, -0.05) is 6.42 Å². The highest BCUT2D eigenvalue weighted by Gasteiger charge is 2.27. The van der Waals surface area contributed by atoms with Crippen molar-refractivity contribution in [3.05, 3.63) is 12.2 Å². The standard InChI is InChI=1S/C16H26N6O2/c1-20-7-3-2-4-13(20)5-6-14(23)21-8-10-22(11-9-21)16(24)15-17-12-18-19-15/h12-13H,2-11H2,1H3,(H,17,18,19)/t13-/m0/s1. The number of hydrogen-bond acceptors (Lipinski definition) is 5. The number of carbonyl (C=O) groups excluding carboxylic acids is 2. The number of piperazine rings is 1. The first-order chi connectivity index (χ1) is 11.6. The number of likely N-dealkylation sites (tertiary alicyclic amines) is 1. The number of rotatable bonds is 4. The van der Waals surface area contributed by atoms with Crippen LogP contribution in [0.15, 0.2) is 6.33 Å². The van der Waals surface area contributed by atoms with Crippen LogP contribution >= 0.6 is 0 Å². The third kappa shape index (κ3) is 3.92. The van der Waals surface area contributed by atoms with E-state index in [1.165, 1.54) is 25.6 Å². The topological polar surface area (TPSA) is 85.4 Å². The summed E-state index contributed by atoms with van der Waals surface area (Å²) in [5.74, 6) is 0.319. The van der Waals surface area contributed by atoms with Crippen LogP contribution in [0.2, 0.25) is 0 Å². The van der Waals surface area contributed by atoms with Gasteiger partial charge in [0.15, 0.2) is 0 Å². The Morgan fingerprint density at radius 3 is 2.58 bits per heavy atom. The Morgan fingerprint density at radius 2 is 1.92 bits per heavy atom. The lowest BCUT2D eigenvalue weighted by Crippen LogP contribution is -2.51. The van der Waals surface area contributed by atoms with E-state index in [2.05, 4.69) is 27.1 Å². The molecule has 1 aromatic rings. The summed E-state index contributed by atoms with van der Waals surface area (Å²) < 4.78 is 0. The number of carbonyl (C=O) groups is 2. The molecule has 3 rings (SSSR count). The molecule has 1 N–H and O–H groups in total. The van der Waals surface area contributed by atoms with E-state index < -0.39 is 0 Å². The molecule has 0 saturated carbocycles. The molecular formula is C16H26N6O2. The van der Waals surface area contributed by atoms with Gasteiger partial charge in [0.25, 0.3) is 5.91 Å². The molecule has 0 radical (unpaired) electrons. The molecule has 2 saturated heterocycles. The first-order valence-corrected chi connectivity index (χ1v) is 8.78. The van der Waals surface area contributed by atoms with Crippen molar-refractivity contribution in [3.8, 4) is 0 Å². The molecule has 24 heavy (non-hydrogen) atoms. The van der Waals surface area contributed by atoms with Crippen molar-refractivity contribution in [1.29, 1.82) is 0 Å². The predicted octanol–water partition coefficient (Wildman–Crippen LogP) is 0.354. The molecule has 0 aliphatic carbocycles. The van der Waals surface area contributed by atoms with E-state index in [0.29, 0.717) is 38.6 Å². The average Bonchev–Trinajstić information content (AvgIpc) is 3.15. The molecule has 0 aromatic carbocycles. The lowest BCUT2D eigenvalue weighted by molar-refractivity contribution is -0.133. The number of hydrogen-bond donors (Lipinski definition) is 1. The summed E-state index contributed by atoms with van der Waals surface area (Å²) in [7, 11) is 2.15. The Labute approximate surface area is 142 Å². The average molecular weight is 334 g/mol. The Balaban J connectivity index is 1.42. The molecule has 132 valence electrons. The van der Waals surface area contributed by atoms with Crippen LogP contribution in [0.3, 0.4) is 0 Å². The monoisotopic (exact) mass is 334 g/mol. The number of nitrogens with one attached hydrogen (secondary N) is 1. The van der Waals surface area contributed by atoms with Gasteiger partial charge in [-0.05, 0) is 32.9 Å². The minimum atomic E-state index is -0.150. The van der Waals surface area contributed by atoms with E-state index in [0.717, 1.165) is 13.0 Å². The van der Waals surface area contributed by atoms with Gasteiger partial charge < -0.3 is 14.7 Å². The first kappa shape index (κ1) is 16.9. The lowest BCUT2D eigenvalue weighted by Gasteiger charge is -2.35. The lowest BCUT2D eigenvalue weighted by atomic mass is 9.98. The van der Waals surface area contributed by atoms with Gasteiger partial charge in [-0.15, -0.1) is 0 Å². The van der Waals surface area contributed by atoms with Gasteiger partial charge in [0.05, 0.1) is 0 Å². The number of aromatic nitrogens is 3. The molecule has 8 nitrogen and oxygen atoms in total. The molecule has 0 unspecified atom stereocenters. The first-order valence-electron chi connectivity index (χ1n) is 8.78. The van der Waals surface area contributed by atoms with E-state index in [1.54, 1.807) is 4.90 Å². The second-order valence-electron chi connectivity index (χ2n) is 6.68. The Morgan fingerprint density at radius 1 is 1.17 bits per heavy atom. The Bertz CT molecular complexity index is 553. The van der Waals surface area contributed by atoms with Crippen LogP contribution in [0, 0.1) is 0 Å². The zero-order valence-corrected chi connectivity index (χ0v) is 14.3. The fourth-order valence-corrected chi connectivity index (χ4v) is 3.57. The van der Waals surface area contributed by atoms with Crippen molar-refractivity contribution in [2.75, 3.05) is 39.8 Å². The van der Waals surface area contributed by atoms with Gasteiger partial charge in [0, 0.05) is 38.6 Å². The number of amides is 2. The molecule has 1 aromatic heterocycles. The highest BCUT2D eigenvalue weighted by atomic mass is 16.2. The van der Waals surface area contributed by atoms with Crippen LogP contribution in [0.25, 0.3) is 0 Å². The molecule has 2 fully saturated rings. The van der Waals surface area contributed by atoms with Crippen LogP contribution in [-0.4, -0.2) is 87.5 Å². The van der Waals surface area contributed by atoms with Crippen molar-refractivity contribution in [2.24, 2.45) is 0 Å². The van der Waals surface area contributed by atoms with Crippen molar-refractivity contribution in [2.45, 2.75) is 38.1 Å². The predicted molar refractivity (Wildman–Crippen MR) is 88.4 cm³/mol. The molecule has 2 aliphatic heterocycles. The van der Waals surface area contributed by atoms with E-state index >= 15 is 0 Å². The fourth-order valence-electron chi connectivity index (χ4n) is 3.57. The second-order valence-corrected chi connectivity index (χ2v) is 6.68. The normalized spacial score (nSPS) is 22.6. The number of nitrogens with zero attached hydrogens (tertiary/aromatic N) is 5. The molecule has 1 atom stereocenters. The van der Waals surface area contributed by atoms with Crippen LogP contribution in [0.4, 0.5) is 0 Å². The summed E-state index contributed by atoms with van der Waals surface area (Å²) >= 11 is 0. The summed E-state index contributed by atoms with van der Waals surface area (Å²) in [5.41, 5.74) is 0. The summed E-state index contributed by atoms with van der Waals surface area (Å²) in [4.78, 5) is 34.5. The fraction of sp³-hybridized carbons (Fsp3) is 0.750. The third-order valence-corrected chi connectivity index (χ3v) is 5.15. The highest BCUT2D eigenvalue weighted by molar-refractivity contribution is 5.90. The minimum absolute atomic E-state index is 0.150. The smallest absolute Gasteiger partial charge is 0.291 e. The van der Waals surface area contributed by atoms with Crippen LogP contribution < -0.4 is 0 Å². The van der Waals surface area contributed by atoms with Crippen molar-refractivity contribution in [1.82, 2.24) is 29.9 Å². The minimum Gasteiger partial charge on any atom is -0.339 e. The highest BCUT2D eigenvalue weighted by Crippen LogP contribution is 2.19. The maximum atomic E-state index is 12.4. The number of piperidine rings is 1. The summed E-state index contributed by atoms with van der Waals surface area (Å²) in [6, 6.07) is 0.539. The number of H-pyrrole nitrogens is 1. The summed E-state index contributed by atoms with van der Waals surface area (Å²) in [6.07, 6.45) is 6.60. The van der Waals surface area contributed by atoms with Gasteiger partial charge in [-0.25, -0.2) is 4.98 Å². The van der Waals surface area contributed by atoms with Crippen molar-refractivity contribution >= 4 is 11.8 Å². The van der Waals surface area contributed by atoms with Crippen LogP contribution in [0.5, 0.6) is 0 Å². The summed E-state index contributed by atoms with van der Waals surface area (Å²) in [6.45, 7) is 3.43. The molecule has 2 aliphatic rings. The quantitative estimate of drug-likeness (QED) is 0.859. The van der Waals surface area contributed by atoms with Gasteiger partial charge in [0.1, 0.15) is 6.33 Å². The third-order valence-electron chi connectivity index (χ3n) is 5.15. The van der Waals surface area contributed by atoms with E-state index in [9.17, 15) is 9.59 Å². The SMILES string of the molecule is CN1CCCC[C@H]1CCC(=O)N1CCN(C(=O)c2ncn[nH]2)CC1. The van der Waals surface area contributed by atoms with Crippen LogP contribution in [-0.2, 0) is 4.79 Å². The van der Waals surface area contributed by atoms with Crippen molar-refractivity contribution in [3.63, 3.8) is 0 Å². The molecule has 0 spiro atoms. The van der Waals surface area contributed by atoms with Gasteiger partial charge in [-0.3, -0.25) is 14.7 Å². The second kappa shape index (κ2) is 7.74. The largest absolute Gasteiger partial charge is 0.339 e. The Hall–Kier alpha value is -1.96. The Kier molecular flexibility index (Phi) is 5.44. The van der Waals surface area contributed by atoms with Gasteiger partial charge >= 0.3 is 0 Å². The van der Waals surface area contributed by atoms with E-state index in [4.69, 9.17) is 0 Å². The zero-order chi connectivity index (χ0) is 16.9. The van der Waals surface area contributed by atoms with Crippen molar-refractivity contribution < 1.29 is 9.59 Å². The van der Waals surface area contributed by atoms with Gasteiger partial charge in [0.2, 0.25) is 11.7 Å². The molecular weight excluding hydrogens is 308 g/mol. The molecule has 2 amide bonds.